The first-order valence-corrected chi connectivity index (χ1v) is 7.27. The third-order valence-corrected chi connectivity index (χ3v) is 4.58. The van der Waals surface area contributed by atoms with Crippen molar-refractivity contribution in [2.75, 3.05) is 26.7 Å². The maximum absolute atomic E-state index is 3.62. The van der Waals surface area contributed by atoms with Crippen LogP contribution in [0.2, 0.25) is 0 Å². The van der Waals surface area contributed by atoms with Crippen LogP contribution in [0.3, 0.4) is 0 Å². The van der Waals surface area contributed by atoms with E-state index in [1.807, 2.05) is 0 Å². The molecule has 1 aliphatic heterocycles. The summed E-state index contributed by atoms with van der Waals surface area (Å²) in [6.45, 7) is 10.7. The number of piperazine rings is 1. The van der Waals surface area contributed by atoms with E-state index in [0.29, 0.717) is 12.1 Å². The second-order valence-electron chi connectivity index (χ2n) is 6.18. The van der Waals surface area contributed by atoms with Crippen molar-refractivity contribution in [2.24, 2.45) is 0 Å². The van der Waals surface area contributed by atoms with Crippen molar-refractivity contribution in [3.8, 4) is 0 Å². The zero-order valence-electron chi connectivity index (χ0n) is 11.9. The van der Waals surface area contributed by atoms with E-state index in [-0.39, 0.29) is 0 Å². The maximum atomic E-state index is 3.62. The predicted octanol–water partition coefficient (Wildman–Crippen LogP) is 1.54. The highest BCUT2D eigenvalue weighted by molar-refractivity contribution is 4.86. The van der Waals surface area contributed by atoms with Crippen molar-refractivity contribution in [2.45, 2.75) is 64.2 Å². The summed E-state index contributed by atoms with van der Waals surface area (Å²) in [5, 5.41) is 3.62. The Morgan fingerprint density at radius 3 is 2.29 bits per heavy atom. The SMILES string of the molecule is CC(CCNC1CC1)N1CC(C)N(C)C(C)C1. The average Bonchev–Trinajstić information content (AvgIpc) is 3.09. The van der Waals surface area contributed by atoms with Crippen molar-refractivity contribution in [1.29, 1.82) is 0 Å². The molecule has 3 unspecified atom stereocenters. The van der Waals surface area contributed by atoms with Gasteiger partial charge in [-0.2, -0.15) is 0 Å². The topological polar surface area (TPSA) is 18.5 Å². The lowest BCUT2D eigenvalue weighted by Crippen LogP contribution is -2.57. The Bertz CT molecular complexity index is 228. The zero-order chi connectivity index (χ0) is 12.4. The van der Waals surface area contributed by atoms with Gasteiger partial charge in [0, 0.05) is 37.3 Å². The molecule has 1 saturated carbocycles. The number of likely N-dealkylation sites (N-methyl/N-ethyl adjacent to an activating group) is 1. The van der Waals surface area contributed by atoms with E-state index in [1.165, 1.54) is 38.9 Å². The third-order valence-electron chi connectivity index (χ3n) is 4.58. The molecule has 0 bridgehead atoms. The van der Waals surface area contributed by atoms with Gasteiger partial charge < -0.3 is 5.32 Å². The lowest BCUT2D eigenvalue weighted by Gasteiger charge is -2.45. The molecule has 0 spiro atoms. The van der Waals surface area contributed by atoms with Gasteiger partial charge >= 0.3 is 0 Å². The minimum Gasteiger partial charge on any atom is -0.314 e. The lowest BCUT2D eigenvalue weighted by molar-refractivity contribution is 0.0360. The highest BCUT2D eigenvalue weighted by Gasteiger charge is 2.29. The Balaban J connectivity index is 1.72. The monoisotopic (exact) mass is 239 g/mol. The van der Waals surface area contributed by atoms with E-state index >= 15 is 0 Å². The van der Waals surface area contributed by atoms with Crippen LogP contribution >= 0.6 is 0 Å². The van der Waals surface area contributed by atoms with Gasteiger partial charge in [-0.15, -0.1) is 0 Å². The molecular formula is C14H29N3. The minimum absolute atomic E-state index is 0.692. The molecule has 0 amide bonds. The summed E-state index contributed by atoms with van der Waals surface area (Å²) in [4.78, 5) is 5.18. The second-order valence-corrected chi connectivity index (χ2v) is 6.18. The summed E-state index contributed by atoms with van der Waals surface area (Å²) >= 11 is 0. The Labute approximate surface area is 107 Å². The lowest BCUT2D eigenvalue weighted by atomic mass is 10.1. The first-order valence-electron chi connectivity index (χ1n) is 7.27. The smallest absolute Gasteiger partial charge is 0.0195 e. The van der Waals surface area contributed by atoms with E-state index in [2.05, 4.69) is 42.9 Å². The molecule has 2 aliphatic rings. The Morgan fingerprint density at radius 2 is 1.76 bits per heavy atom. The van der Waals surface area contributed by atoms with Crippen molar-refractivity contribution in [3.63, 3.8) is 0 Å². The van der Waals surface area contributed by atoms with Gasteiger partial charge in [0.2, 0.25) is 0 Å². The first-order chi connectivity index (χ1) is 8.08. The highest BCUT2D eigenvalue weighted by atomic mass is 15.3. The molecule has 3 nitrogen and oxygen atoms in total. The van der Waals surface area contributed by atoms with Crippen molar-refractivity contribution in [1.82, 2.24) is 15.1 Å². The second kappa shape index (κ2) is 5.68. The largest absolute Gasteiger partial charge is 0.314 e. The number of nitrogens with one attached hydrogen (secondary N) is 1. The summed E-state index contributed by atoms with van der Waals surface area (Å²) in [5.74, 6) is 0. The molecule has 1 heterocycles. The highest BCUT2D eigenvalue weighted by Crippen LogP contribution is 2.20. The molecule has 3 heteroatoms. The molecule has 3 atom stereocenters. The van der Waals surface area contributed by atoms with Crippen LogP contribution in [0.1, 0.15) is 40.0 Å². The van der Waals surface area contributed by atoms with Crippen molar-refractivity contribution >= 4 is 0 Å². The fourth-order valence-electron chi connectivity index (χ4n) is 2.77. The van der Waals surface area contributed by atoms with E-state index < -0.39 is 0 Å². The van der Waals surface area contributed by atoms with Gasteiger partial charge in [-0.25, -0.2) is 0 Å². The van der Waals surface area contributed by atoms with Gasteiger partial charge in [-0.1, -0.05) is 0 Å². The summed E-state index contributed by atoms with van der Waals surface area (Å²) < 4.78 is 0. The zero-order valence-corrected chi connectivity index (χ0v) is 11.9. The standard InChI is InChI=1S/C14H29N3/c1-11(7-8-15-14-5-6-14)17-9-12(2)16(4)13(3)10-17/h11-15H,5-10H2,1-4H3. The fourth-order valence-corrected chi connectivity index (χ4v) is 2.77. The van der Waals surface area contributed by atoms with Crippen LogP contribution < -0.4 is 5.32 Å². The van der Waals surface area contributed by atoms with Crippen LogP contribution in [-0.2, 0) is 0 Å². The van der Waals surface area contributed by atoms with Gasteiger partial charge in [0.15, 0.2) is 0 Å². The molecule has 2 fully saturated rings. The average molecular weight is 239 g/mol. The van der Waals surface area contributed by atoms with E-state index in [0.717, 1.165) is 12.1 Å². The third kappa shape index (κ3) is 3.67. The maximum Gasteiger partial charge on any atom is 0.0195 e. The molecule has 100 valence electrons. The number of rotatable bonds is 5. The van der Waals surface area contributed by atoms with Crippen LogP contribution in [0.15, 0.2) is 0 Å². The normalized spacial score (nSPS) is 33.9. The van der Waals surface area contributed by atoms with Crippen molar-refractivity contribution in [3.05, 3.63) is 0 Å². The molecule has 1 aliphatic carbocycles. The van der Waals surface area contributed by atoms with Crippen LogP contribution in [0, 0.1) is 0 Å². The van der Waals surface area contributed by atoms with Gasteiger partial charge in [-0.3, -0.25) is 9.80 Å². The van der Waals surface area contributed by atoms with Crippen LogP contribution in [0.25, 0.3) is 0 Å². The molecule has 0 radical (unpaired) electrons. The first kappa shape index (κ1) is 13.3. The molecule has 2 rings (SSSR count). The number of nitrogens with zero attached hydrogens (tertiary/aromatic N) is 2. The van der Waals surface area contributed by atoms with Crippen LogP contribution in [-0.4, -0.2) is 60.6 Å². The Hall–Kier alpha value is -0.120. The quantitative estimate of drug-likeness (QED) is 0.785. The van der Waals surface area contributed by atoms with Gasteiger partial charge in [-0.05, 0) is 53.6 Å². The van der Waals surface area contributed by atoms with Gasteiger partial charge in [0.05, 0.1) is 0 Å². The summed E-state index contributed by atoms with van der Waals surface area (Å²) in [6, 6.07) is 2.96. The predicted molar refractivity (Wildman–Crippen MR) is 73.4 cm³/mol. The molecule has 0 aromatic carbocycles. The Morgan fingerprint density at radius 1 is 1.18 bits per heavy atom. The summed E-state index contributed by atoms with van der Waals surface area (Å²) in [6.07, 6.45) is 4.09. The minimum atomic E-state index is 0.692. The Kier molecular flexibility index (Phi) is 4.45. The summed E-state index contributed by atoms with van der Waals surface area (Å²) in [7, 11) is 2.26. The fraction of sp³-hybridized carbons (Fsp3) is 1.00. The van der Waals surface area contributed by atoms with Crippen LogP contribution in [0.4, 0.5) is 0 Å². The molecule has 0 aromatic heterocycles. The molecule has 0 aromatic rings. The molecule has 17 heavy (non-hydrogen) atoms. The van der Waals surface area contributed by atoms with E-state index in [4.69, 9.17) is 0 Å². The van der Waals surface area contributed by atoms with Gasteiger partial charge in [0.25, 0.3) is 0 Å². The number of hydrogen-bond donors (Lipinski definition) is 1. The molecular weight excluding hydrogens is 210 g/mol. The molecule has 1 saturated heterocycles. The van der Waals surface area contributed by atoms with E-state index in [9.17, 15) is 0 Å². The van der Waals surface area contributed by atoms with Gasteiger partial charge in [0.1, 0.15) is 0 Å². The van der Waals surface area contributed by atoms with Crippen LogP contribution in [0.5, 0.6) is 0 Å². The van der Waals surface area contributed by atoms with Crippen molar-refractivity contribution < 1.29 is 0 Å². The molecule has 1 N–H and O–H groups in total. The number of hydrogen-bond acceptors (Lipinski definition) is 3. The van der Waals surface area contributed by atoms with E-state index in [1.54, 1.807) is 0 Å². The summed E-state index contributed by atoms with van der Waals surface area (Å²) in [5.41, 5.74) is 0.